The van der Waals surface area contributed by atoms with E-state index >= 15 is 0 Å². The molecule has 34 valence electrons. The van der Waals surface area contributed by atoms with Gasteiger partial charge in [0.15, 0.2) is 0 Å². The maximum Gasteiger partial charge on any atom is 0.0179 e. The largest absolute Gasteiger partial charge is 0.391 e. The predicted molar refractivity (Wildman–Crippen MR) is 26.4 cm³/mol. The molecule has 1 N–H and O–H groups in total. The van der Waals surface area contributed by atoms with E-state index in [1.807, 2.05) is 0 Å². The summed E-state index contributed by atoms with van der Waals surface area (Å²) in [5, 5.41) is 3.11. The van der Waals surface area contributed by atoms with Crippen molar-refractivity contribution in [2.75, 3.05) is 6.54 Å². The Hall–Kier alpha value is -0.460. The first-order valence-corrected chi connectivity index (χ1v) is 2.28. The molecular formula is C5H9N. The molecule has 1 heteroatoms. The van der Waals surface area contributed by atoms with Crippen LogP contribution in [-0.4, -0.2) is 6.54 Å². The second-order valence-corrected chi connectivity index (χ2v) is 1.69. The monoisotopic (exact) mass is 83.1 g/mol. The van der Waals surface area contributed by atoms with E-state index in [0.717, 1.165) is 6.54 Å². The smallest absolute Gasteiger partial charge is 0.0179 e. The van der Waals surface area contributed by atoms with Crippen molar-refractivity contribution in [1.29, 1.82) is 0 Å². The summed E-state index contributed by atoms with van der Waals surface area (Å²) in [4.78, 5) is 0. The van der Waals surface area contributed by atoms with Gasteiger partial charge in [0.1, 0.15) is 0 Å². The lowest BCUT2D eigenvalue weighted by molar-refractivity contribution is 0.905. The second-order valence-electron chi connectivity index (χ2n) is 1.69. The van der Waals surface area contributed by atoms with Gasteiger partial charge >= 0.3 is 0 Å². The third-order valence-electron chi connectivity index (χ3n) is 1.01. The number of nitrogens with one attached hydrogen (secondary N) is 1. The van der Waals surface area contributed by atoms with Gasteiger partial charge in [-0.25, -0.2) is 0 Å². The summed E-state index contributed by atoms with van der Waals surface area (Å²) in [6, 6.07) is 0. The van der Waals surface area contributed by atoms with Gasteiger partial charge in [-0.1, -0.05) is 5.57 Å². The molecule has 0 saturated heterocycles. The van der Waals surface area contributed by atoms with Crippen molar-refractivity contribution in [2.45, 2.75) is 13.3 Å². The average molecular weight is 83.1 g/mol. The van der Waals surface area contributed by atoms with Gasteiger partial charge in [0, 0.05) is 6.54 Å². The summed E-state index contributed by atoms with van der Waals surface area (Å²) in [7, 11) is 0. The highest BCUT2D eigenvalue weighted by Gasteiger charge is 1.93. The molecule has 0 spiro atoms. The van der Waals surface area contributed by atoms with Crippen LogP contribution in [-0.2, 0) is 0 Å². The van der Waals surface area contributed by atoms with Crippen LogP contribution in [0, 0.1) is 0 Å². The summed E-state index contributed by atoms with van der Waals surface area (Å²) in [5.74, 6) is 0. The van der Waals surface area contributed by atoms with Crippen LogP contribution in [0.3, 0.4) is 0 Å². The summed E-state index contributed by atoms with van der Waals surface area (Å²) in [6.45, 7) is 3.28. The summed E-state index contributed by atoms with van der Waals surface area (Å²) >= 11 is 0. The zero-order valence-corrected chi connectivity index (χ0v) is 3.99. The van der Waals surface area contributed by atoms with Crippen LogP contribution in [0.4, 0.5) is 0 Å². The van der Waals surface area contributed by atoms with Gasteiger partial charge in [-0.05, 0) is 19.5 Å². The third-order valence-corrected chi connectivity index (χ3v) is 1.01. The van der Waals surface area contributed by atoms with Crippen molar-refractivity contribution in [3.05, 3.63) is 11.8 Å². The standard InChI is InChI=1S/C5H9N/c1-5-2-3-6-4-5/h4,6H,2-3H2,1H3. The molecule has 1 heterocycles. The summed E-state index contributed by atoms with van der Waals surface area (Å²) in [5.41, 5.74) is 1.47. The van der Waals surface area contributed by atoms with Crippen molar-refractivity contribution < 1.29 is 0 Å². The van der Waals surface area contributed by atoms with Crippen molar-refractivity contribution in [3.63, 3.8) is 0 Å². The molecule has 0 unspecified atom stereocenters. The molecule has 1 nitrogen and oxygen atoms in total. The lowest BCUT2D eigenvalue weighted by atomic mass is 10.3. The Morgan fingerprint density at radius 2 is 2.67 bits per heavy atom. The van der Waals surface area contributed by atoms with Gasteiger partial charge < -0.3 is 5.32 Å². The fourth-order valence-electron chi connectivity index (χ4n) is 0.588. The molecule has 0 radical (unpaired) electrons. The van der Waals surface area contributed by atoms with Gasteiger partial charge in [0.2, 0.25) is 0 Å². The minimum absolute atomic E-state index is 1.14. The Morgan fingerprint density at radius 3 is 2.83 bits per heavy atom. The first-order valence-electron chi connectivity index (χ1n) is 2.28. The van der Waals surface area contributed by atoms with Gasteiger partial charge in [-0.3, -0.25) is 0 Å². The lowest BCUT2D eigenvalue weighted by Gasteiger charge is -1.79. The van der Waals surface area contributed by atoms with Crippen LogP contribution in [0.25, 0.3) is 0 Å². The SMILES string of the molecule is CC1=CNCC1. The topological polar surface area (TPSA) is 12.0 Å². The molecule has 1 rings (SSSR count). The van der Waals surface area contributed by atoms with Gasteiger partial charge in [0.05, 0.1) is 0 Å². The fraction of sp³-hybridized carbons (Fsp3) is 0.600. The minimum atomic E-state index is 1.14. The Labute approximate surface area is 38.1 Å². The zero-order valence-electron chi connectivity index (χ0n) is 3.99. The number of hydrogen-bond acceptors (Lipinski definition) is 1. The van der Waals surface area contributed by atoms with E-state index in [4.69, 9.17) is 0 Å². The molecule has 0 aromatic carbocycles. The van der Waals surface area contributed by atoms with E-state index in [9.17, 15) is 0 Å². The highest BCUT2D eigenvalue weighted by atomic mass is 14.8. The van der Waals surface area contributed by atoms with Crippen LogP contribution in [0.15, 0.2) is 11.8 Å². The van der Waals surface area contributed by atoms with Crippen LogP contribution in [0.5, 0.6) is 0 Å². The van der Waals surface area contributed by atoms with E-state index in [2.05, 4.69) is 18.4 Å². The number of hydrogen-bond donors (Lipinski definition) is 1. The predicted octanol–water partition coefficient (Wildman–Crippen LogP) is 0.883. The molecule has 1 aliphatic heterocycles. The molecule has 1 aliphatic rings. The molecule has 0 amide bonds. The van der Waals surface area contributed by atoms with Crippen LogP contribution in [0.2, 0.25) is 0 Å². The van der Waals surface area contributed by atoms with E-state index in [1.165, 1.54) is 12.0 Å². The van der Waals surface area contributed by atoms with Crippen molar-refractivity contribution in [2.24, 2.45) is 0 Å². The van der Waals surface area contributed by atoms with Gasteiger partial charge in [-0.2, -0.15) is 0 Å². The minimum Gasteiger partial charge on any atom is -0.391 e. The van der Waals surface area contributed by atoms with Crippen molar-refractivity contribution >= 4 is 0 Å². The fourth-order valence-corrected chi connectivity index (χ4v) is 0.588. The summed E-state index contributed by atoms with van der Waals surface area (Å²) in [6.07, 6.45) is 3.31. The number of rotatable bonds is 0. The van der Waals surface area contributed by atoms with Gasteiger partial charge in [-0.15, -0.1) is 0 Å². The zero-order chi connectivity index (χ0) is 4.41. The van der Waals surface area contributed by atoms with E-state index in [-0.39, 0.29) is 0 Å². The van der Waals surface area contributed by atoms with Crippen molar-refractivity contribution in [1.82, 2.24) is 5.32 Å². The Balaban J connectivity index is 2.45. The van der Waals surface area contributed by atoms with E-state index in [0.29, 0.717) is 0 Å². The molecule has 0 atom stereocenters. The quantitative estimate of drug-likeness (QED) is 0.458. The molecule has 6 heavy (non-hydrogen) atoms. The molecule has 0 saturated carbocycles. The molecule has 0 fully saturated rings. The van der Waals surface area contributed by atoms with Crippen LogP contribution in [0.1, 0.15) is 13.3 Å². The Morgan fingerprint density at radius 1 is 1.83 bits per heavy atom. The molecular weight excluding hydrogens is 74.1 g/mol. The third kappa shape index (κ3) is 0.534. The van der Waals surface area contributed by atoms with E-state index in [1.54, 1.807) is 0 Å². The lowest BCUT2D eigenvalue weighted by Crippen LogP contribution is -1.96. The van der Waals surface area contributed by atoms with Crippen LogP contribution >= 0.6 is 0 Å². The van der Waals surface area contributed by atoms with Crippen molar-refractivity contribution in [3.8, 4) is 0 Å². The maximum atomic E-state index is 3.11. The molecule has 0 bridgehead atoms. The highest BCUT2D eigenvalue weighted by molar-refractivity contribution is 5.02. The Bertz CT molecular complexity index is 74.0. The first-order chi connectivity index (χ1) is 2.89. The summed E-state index contributed by atoms with van der Waals surface area (Å²) < 4.78 is 0. The Kier molecular flexibility index (Phi) is 0.825. The normalized spacial score (nSPS) is 19.8. The first kappa shape index (κ1) is 3.72. The van der Waals surface area contributed by atoms with E-state index < -0.39 is 0 Å². The maximum absolute atomic E-state index is 3.11. The molecule has 0 aromatic rings. The molecule has 0 aliphatic carbocycles. The molecule has 0 aromatic heterocycles. The van der Waals surface area contributed by atoms with Gasteiger partial charge in [0.25, 0.3) is 0 Å². The highest BCUT2D eigenvalue weighted by Crippen LogP contribution is 2.00. The second kappa shape index (κ2) is 1.33. The van der Waals surface area contributed by atoms with Crippen LogP contribution < -0.4 is 5.32 Å². The average Bonchev–Trinajstić information content (AvgIpc) is 1.86.